The van der Waals surface area contributed by atoms with Crippen molar-refractivity contribution in [2.75, 3.05) is 0 Å². The average molecular weight is 193 g/mol. The number of allylic oxidation sites excluding steroid dienone is 1. The Kier molecular flexibility index (Phi) is 3.23. The number of carboxylic acids is 1. The Balaban J connectivity index is 2.85. The summed E-state index contributed by atoms with van der Waals surface area (Å²) in [5, 5.41) is 8.47. The maximum absolute atomic E-state index is 11.2. The van der Waals surface area contributed by atoms with Gasteiger partial charge in [-0.2, -0.15) is 0 Å². The minimum Gasteiger partial charge on any atom is -0.478 e. The summed E-state index contributed by atoms with van der Waals surface area (Å²) in [7, 11) is 0. The SMILES string of the molecule is C/C(=C/C(=O)O)Cn1ccccc1=O. The van der Waals surface area contributed by atoms with E-state index in [1.54, 1.807) is 25.3 Å². The van der Waals surface area contributed by atoms with Gasteiger partial charge in [0.2, 0.25) is 0 Å². The van der Waals surface area contributed by atoms with E-state index >= 15 is 0 Å². The third-order valence-corrected chi connectivity index (χ3v) is 1.69. The number of aromatic nitrogens is 1. The maximum Gasteiger partial charge on any atom is 0.328 e. The number of hydrogen-bond acceptors (Lipinski definition) is 2. The van der Waals surface area contributed by atoms with Crippen LogP contribution in [0.1, 0.15) is 6.92 Å². The quantitative estimate of drug-likeness (QED) is 0.725. The normalized spacial score (nSPS) is 11.4. The Hall–Kier alpha value is -1.84. The fraction of sp³-hybridized carbons (Fsp3) is 0.200. The van der Waals surface area contributed by atoms with Crippen LogP contribution in [-0.2, 0) is 11.3 Å². The van der Waals surface area contributed by atoms with Crippen molar-refractivity contribution in [3.8, 4) is 0 Å². The summed E-state index contributed by atoms with van der Waals surface area (Å²) in [4.78, 5) is 21.5. The summed E-state index contributed by atoms with van der Waals surface area (Å²) in [6.45, 7) is 1.99. The molecule has 1 aromatic heterocycles. The van der Waals surface area contributed by atoms with Crippen LogP contribution in [0.25, 0.3) is 0 Å². The molecule has 0 aliphatic carbocycles. The second-order valence-corrected chi connectivity index (χ2v) is 3.00. The van der Waals surface area contributed by atoms with Crippen LogP contribution in [0.2, 0.25) is 0 Å². The fourth-order valence-corrected chi connectivity index (χ4v) is 1.12. The molecule has 0 aromatic carbocycles. The molecular formula is C10H11NO3. The van der Waals surface area contributed by atoms with Gasteiger partial charge in [-0.05, 0) is 18.6 Å². The average Bonchev–Trinajstić information content (AvgIpc) is 2.07. The monoisotopic (exact) mass is 193 g/mol. The number of aliphatic carboxylic acids is 1. The molecular weight excluding hydrogens is 182 g/mol. The van der Waals surface area contributed by atoms with Gasteiger partial charge in [-0.15, -0.1) is 0 Å². The van der Waals surface area contributed by atoms with Crippen molar-refractivity contribution in [3.05, 3.63) is 46.4 Å². The Morgan fingerprint density at radius 3 is 2.86 bits per heavy atom. The van der Waals surface area contributed by atoms with E-state index in [0.717, 1.165) is 6.08 Å². The van der Waals surface area contributed by atoms with Crippen LogP contribution >= 0.6 is 0 Å². The Labute approximate surface area is 81.1 Å². The summed E-state index contributed by atoms with van der Waals surface area (Å²) in [6, 6.07) is 4.82. The predicted molar refractivity (Wildman–Crippen MR) is 52.1 cm³/mol. The molecule has 4 heteroatoms. The molecule has 1 heterocycles. The third-order valence-electron chi connectivity index (χ3n) is 1.69. The van der Waals surface area contributed by atoms with Crippen LogP contribution in [0.3, 0.4) is 0 Å². The minimum atomic E-state index is -0.994. The third kappa shape index (κ3) is 2.90. The molecule has 0 saturated heterocycles. The van der Waals surface area contributed by atoms with E-state index in [0.29, 0.717) is 12.1 Å². The first-order chi connectivity index (χ1) is 6.59. The number of rotatable bonds is 3. The van der Waals surface area contributed by atoms with E-state index in [1.807, 2.05) is 0 Å². The molecule has 0 aliphatic rings. The summed E-state index contributed by atoms with van der Waals surface area (Å²) in [5.41, 5.74) is 0.497. The highest BCUT2D eigenvalue weighted by atomic mass is 16.4. The van der Waals surface area contributed by atoms with Crippen molar-refractivity contribution < 1.29 is 9.90 Å². The standard InChI is InChI=1S/C10H11NO3/c1-8(6-10(13)14)7-11-5-3-2-4-9(11)12/h2-6H,7H2,1H3,(H,13,14)/b8-6-. The molecule has 0 fully saturated rings. The first kappa shape index (κ1) is 10.2. The van der Waals surface area contributed by atoms with Gasteiger partial charge in [0.05, 0.1) is 0 Å². The van der Waals surface area contributed by atoms with Gasteiger partial charge in [0.15, 0.2) is 0 Å². The highest BCUT2D eigenvalue weighted by molar-refractivity contribution is 5.80. The Morgan fingerprint density at radius 1 is 1.57 bits per heavy atom. The molecule has 1 rings (SSSR count). The van der Waals surface area contributed by atoms with Crippen molar-refractivity contribution in [1.29, 1.82) is 0 Å². The lowest BCUT2D eigenvalue weighted by molar-refractivity contribution is -0.131. The Morgan fingerprint density at radius 2 is 2.29 bits per heavy atom. The zero-order valence-corrected chi connectivity index (χ0v) is 7.80. The van der Waals surface area contributed by atoms with E-state index in [1.165, 1.54) is 10.6 Å². The van der Waals surface area contributed by atoms with Gasteiger partial charge < -0.3 is 9.67 Å². The second kappa shape index (κ2) is 4.41. The predicted octanol–water partition coefficient (Wildman–Crippen LogP) is 0.879. The van der Waals surface area contributed by atoms with Gasteiger partial charge in [-0.3, -0.25) is 4.79 Å². The van der Waals surface area contributed by atoms with Gasteiger partial charge in [-0.25, -0.2) is 4.79 Å². The zero-order chi connectivity index (χ0) is 10.6. The second-order valence-electron chi connectivity index (χ2n) is 3.00. The molecule has 1 N–H and O–H groups in total. The van der Waals surface area contributed by atoms with Crippen LogP contribution in [0.15, 0.2) is 40.8 Å². The first-order valence-electron chi connectivity index (χ1n) is 4.15. The number of nitrogens with zero attached hydrogens (tertiary/aromatic N) is 1. The first-order valence-corrected chi connectivity index (χ1v) is 4.15. The molecule has 0 bridgehead atoms. The van der Waals surface area contributed by atoms with E-state index < -0.39 is 5.97 Å². The smallest absolute Gasteiger partial charge is 0.328 e. The van der Waals surface area contributed by atoms with Crippen molar-refractivity contribution in [2.24, 2.45) is 0 Å². The molecule has 0 aliphatic heterocycles. The van der Waals surface area contributed by atoms with E-state index in [-0.39, 0.29) is 5.56 Å². The van der Waals surface area contributed by atoms with Gasteiger partial charge in [0.1, 0.15) is 0 Å². The van der Waals surface area contributed by atoms with Crippen molar-refractivity contribution in [1.82, 2.24) is 4.57 Å². The molecule has 0 spiro atoms. The van der Waals surface area contributed by atoms with Crippen molar-refractivity contribution in [3.63, 3.8) is 0 Å². The van der Waals surface area contributed by atoms with E-state index in [4.69, 9.17) is 5.11 Å². The van der Waals surface area contributed by atoms with Crippen LogP contribution in [0.4, 0.5) is 0 Å². The Bertz CT molecular complexity index is 417. The van der Waals surface area contributed by atoms with Crippen LogP contribution in [-0.4, -0.2) is 15.6 Å². The van der Waals surface area contributed by atoms with E-state index in [9.17, 15) is 9.59 Å². The molecule has 0 amide bonds. The molecule has 0 radical (unpaired) electrons. The molecule has 0 unspecified atom stereocenters. The fourth-order valence-electron chi connectivity index (χ4n) is 1.12. The lowest BCUT2D eigenvalue weighted by Crippen LogP contribution is -2.18. The molecule has 14 heavy (non-hydrogen) atoms. The molecule has 0 saturated carbocycles. The van der Waals surface area contributed by atoms with Gasteiger partial charge in [0, 0.05) is 24.9 Å². The van der Waals surface area contributed by atoms with Crippen LogP contribution in [0, 0.1) is 0 Å². The van der Waals surface area contributed by atoms with Crippen LogP contribution in [0.5, 0.6) is 0 Å². The lowest BCUT2D eigenvalue weighted by atomic mass is 10.3. The van der Waals surface area contributed by atoms with Gasteiger partial charge in [-0.1, -0.05) is 6.07 Å². The minimum absolute atomic E-state index is 0.134. The maximum atomic E-state index is 11.2. The van der Waals surface area contributed by atoms with Gasteiger partial charge >= 0.3 is 5.97 Å². The number of carbonyl (C=O) groups is 1. The van der Waals surface area contributed by atoms with Crippen molar-refractivity contribution >= 4 is 5.97 Å². The summed E-state index contributed by atoms with van der Waals surface area (Å²) in [5.74, 6) is -0.994. The molecule has 4 nitrogen and oxygen atoms in total. The summed E-state index contributed by atoms with van der Waals surface area (Å²) >= 11 is 0. The van der Waals surface area contributed by atoms with Gasteiger partial charge in [0.25, 0.3) is 5.56 Å². The van der Waals surface area contributed by atoms with E-state index in [2.05, 4.69) is 0 Å². The zero-order valence-electron chi connectivity index (χ0n) is 7.80. The number of carboxylic acid groups (broad SMARTS) is 1. The summed E-state index contributed by atoms with van der Waals surface area (Å²) < 4.78 is 1.45. The number of pyridine rings is 1. The molecule has 74 valence electrons. The largest absolute Gasteiger partial charge is 0.478 e. The molecule has 1 aromatic rings. The van der Waals surface area contributed by atoms with Crippen LogP contribution < -0.4 is 5.56 Å². The summed E-state index contributed by atoms with van der Waals surface area (Å²) in [6.07, 6.45) is 2.72. The highest BCUT2D eigenvalue weighted by Gasteiger charge is 1.97. The number of hydrogen-bond donors (Lipinski definition) is 1. The highest BCUT2D eigenvalue weighted by Crippen LogP contribution is 1.95. The lowest BCUT2D eigenvalue weighted by Gasteiger charge is -2.03. The topological polar surface area (TPSA) is 59.3 Å². The molecule has 0 atom stereocenters. The van der Waals surface area contributed by atoms with Crippen molar-refractivity contribution in [2.45, 2.75) is 13.5 Å².